The Morgan fingerprint density at radius 3 is 2.36 bits per heavy atom. The Morgan fingerprint density at radius 2 is 1.78 bits per heavy atom. The molecule has 2 aromatic heterocycles. The van der Waals surface area contributed by atoms with Gasteiger partial charge in [-0.1, -0.05) is 0 Å². The van der Waals surface area contributed by atoms with Crippen LogP contribution in [-0.2, 0) is 16.1 Å². The molecular formula is C22H27N9O5. The minimum Gasteiger partial charge on any atom is -0.481 e. The molecule has 8 N–H and O–H groups in total. The van der Waals surface area contributed by atoms with Gasteiger partial charge in [0.1, 0.15) is 6.04 Å². The zero-order chi connectivity index (χ0) is 26.2. The third-order valence-electron chi connectivity index (χ3n) is 4.97. The third-order valence-corrected chi connectivity index (χ3v) is 4.97. The number of anilines is 3. The Balaban J connectivity index is 0.00000112. The van der Waals surface area contributed by atoms with Crippen LogP contribution in [0.2, 0.25) is 0 Å². The average molecular weight is 498 g/mol. The van der Waals surface area contributed by atoms with E-state index in [2.05, 4.69) is 30.6 Å². The van der Waals surface area contributed by atoms with Crippen molar-refractivity contribution in [1.82, 2.24) is 30.6 Å². The lowest BCUT2D eigenvalue weighted by molar-refractivity contribution is -0.140. The summed E-state index contributed by atoms with van der Waals surface area (Å²) in [6.07, 6.45) is 0.964. The van der Waals surface area contributed by atoms with Crippen LogP contribution < -0.4 is 27.0 Å². The van der Waals surface area contributed by atoms with Gasteiger partial charge < -0.3 is 37.2 Å². The number of fused-ring (bicyclic) bond motifs is 1. The number of benzene rings is 1. The van der Waals surface area contributed by atoms with Crippen LogP contribution in [0.1, 0.15) is 28.9 Å². The van der Waals surface area contributed by atoms with E-state index >= 15 is 0 Å². The number of nitrogens with two attached hydrogens (primary N) is 2. The molecule has 14 heteroatoms. The Kier molecular flexibility index (Phi) is 8.46. The SMILES string of the molecule is C1CN1.CN(Cc1cnc2nc(N)nc(N)c2n1)c1ccc(C(=O)NC(CCC(=O)O)C(=O)O)cc1. The van der Waals surface area contributed by atoms with Crippen LogP contribution in [0.25, 0.3) is 11.2 Å². The Bertz CT molecular complexity index is 1250. The molecule has 0 saturated carbocycles. The smallest absolute Gasteiger partial charge is 0.326 e. The molecule has 0 spiro atoms. The highest BCUT2D eigenvalue weighted by atomic mass is 16.4. The zero-order valence-corrected chi connectivity index (χ0v) is 19.5. The van der Waals surface area contributed by atoms with E-state index in [1.165, 1.54) is 25.2 Å². The molecule has 1 unspecified atom stereocenters. The van der Waals surface area contributed by atoms with Crippen molar-refractivity contribution in [1.29, 1.82) is 0 Å². The van der Waals surface area contributed by atoms with Crippen LogP contribution in [0, 0.1) is 0 Å². The van der Waals surface area contributed by atoms with Crippen molar-refractivity contribution in [2.45, 2.75) is 25.4 Å². The number of aromatic nitrogens is 4. The lowest BCUT2D eigenvalue weighted by atomic mass is 10.1. The maximum atomic E-state index is 12.4. The second kappa shape index (κ2) is 11.7. The average Bonchev–Trinajstić information content (AvgIpc) is 3.71. The number of amides is 1. The largest absolute Gasteiger partial charge is 0.481 e. The lowest BCUT2D eigenvalue weighted by Gasteiger charge is -2.19. The molecular weight excluding hydrogens is 470 g/mol. The first-order valence-corrected chi connectivity index (χ1v) is 11.0. The summed E-state index contributed by atoms with van der Waals surface area (Å²) in [5.74, 6) is -2.91. The minimum atomic E-state index is -1.30. The summed E-state index contributed by atoms with van der Waals surface area (Å²) < 4.78 is 0. The van der Waals surface area contributed by atoms with Gasteiger partial charge in [0.25, 0.3) is 5.91 Å². The van der Waals surface area contributed by atoms with E-state index < -0.39 is 23.9 Å². The summed E-state index contributed by atoms with van der Waals surface area (Å²) in [5.41, 5.74) is 13.7. The molecule has 4 rings (SSSR count). The summed E-state index contributed by atoms with van der Waals surface area (Å²) in [4.78, 5) is 52.7. The van der Waals surface area contributed by atoms with Gasteiger partial charge >= 0.3 is 11.9 Å². The van der Waals surface area contributed by atoms with Crippen molar-refractivity contribution in [3.05, 3.63) is 41.7 Å². The van der Waals surface area contributed by atoms with Gasteiger partial charge in [-0.25, -0.2) is 14.8 Å². The molecule has 1 aromatic carbocycles. The number of aliphatic carboxylic acids is 2. The van der Waals surface area contributed by atoms with Crippen LogP contribution in [0.3, 0.4) is 0 Å². The monoisotopic (exact) mass is 497 g/mol. The van der Waals surface area contributed by atoms with E-state index in [4.69, 9.17) is 16.6 Å². The van der Waals surface area contributed by atoms with Crippen molar-refractivity contribution in [3.63, 3.8) is 0 Å². The first kappa shape index (κ1) is 26.0. The zero-order valence-electron chi connectivity index (χ0n) is 19.5. The Labute approximate surface area is 205 Å². The van der Waals surface area contributed by atoms with Gasteiger partial charge in [0.2, 0.25) is 5.95 Å². The van der Waals surface area contributed by atoms with Gasteiger partial charge in [0, 0.05) is 37.8 Å². The molecule has 1 fully saturated rings. The van der Waals surface area contributed by atoms with Gasteiger partial charge in [-0.15, -0.1) is 0 Å². The highest BCUT2D eigenvalue weighted by Gasteiger charge is 2.21. The Morgan fingerprint density at radius 1 is 1.11 bits per heavy atom. The van der Waals surface area contributed by atoms with E-state index in [0.29, 0.717) is 23.4 Å². The summed E-state index contributed by atoms with van der Waals surface area (Å²) in [6.45, 7) is 2.87. The molecule has 1 atom stereocenters. The lowest BCUT2D eigenvalue weighted by Crippen LogP contribution is -2.41. The molecule has 1 amide bonds. The van der Waals surface area contributed by atoms with Gasteiger partial charge in [0.15, 0.2) is 17.0 Å². The van der Waals surface area contributed by atoms with Crippen LogP contribution >= 0.6 is 0 Å². The first-order chi connectivity index (χ1) is 17.1. The van der Waals surface area contributed by atoms with Gasteiger partial charge in [-0.05, 0) is 30.7 Å². The number of carboxylic acids is 2. The van der Waals surface area contributed by atoms with Crippen molar-refractivity contribution >= 4 is 46.5 Å². The van der Waals surface area contributed by atoms with Gasteiger partial charge in [-0.3, -0.25) is 9.59 Å². The van der Waals surface area contributed by atoms with Crippen molar-refractivity contribution in [2.24, 2.45) is 0 Å². The molecule has 0 radical (unpaired) electrons. The topological polar surface area (TPSA) is 232 Å². The second-order valence-electron chi connectivity index (χ2n) is 7.95. The van der Waals surface area contributed by atoms with E-state index in [1.54, 1.807) is 18.3 Å². The maximum Gasteiger partial charge on any atom is 0.326 e. The number of hydrogen-bond acceptors (Lipinski definition) is 11. The third kappa shape index (κ3) is 7.46. The number of carbonyl (C=O) groups excluding carboxylic acids is 1. The molecule has 1 aliphatic heterocycles. The number of carboxylic acid groups (broad SMARTS) is 2. The standard InChI is InChI=1S/C20H22N8O5.C2H5N/c1-28(9-11-8-23-17-15(24-11)16(21)26-20(22)27-17)12-4-2-10(3-5-12)18(31)25-13(19(32)33)6-7-14(29)30;1-2-3-1/h2-5,8,13H,6-7,9H2,1H3,(H,25,31)(H,29,30)(H,32,33)(H4,21,22,23,26,27);3H,1-2H2. The van der Waals surface area contributed by atoms with Crippen LogP contribution in [-0.4, -0.2) is 74.2 Å². The van der Waals surface area contributed by atoms with Crippen molar-refractivity contribution in [2.75, 3.05) is 36.5 Å². The molecule has 1 aliphatic rings. The number of nitrogens with zero attached hydrogens (tertiary/aromatic N) is 5. The van der Waals surface area contributed by atoms with Crippen molar-refractivity contribution in [3.8, 4) is 0 Å². The number of nitrogen functional groups attached to an aromatic ring is 2. The first-order valence-electron chi connectivity index (χ1n) is 11.0. The predicted octanol–water partition coefficient (Wildman–Crippen LogP) is -0.142. The van der Waals surface area contributed by atoms with E-state index in [-0.39, 0.29) is 30.2 Å². The summed E-state index contributed by atoms with van der Waals surface area (Å²) in [5, 5.41) is 23.2. The highest BCUT2D eigenvalue weighted by molar-refractivity contribution is 5.97. The fraction of sp³-hybridized carbons (Fsp3) is 0.318. The fourth-order valence-electron chi connectivity index (χ4n) is 3.03. The van der Waals surface area contributed by atoms with E-state index in [9.17, 15) is 19.5 Å². The van der Waals surface area contributed by atoms with Crippen LogP contribution in [0.15, 0.2) is 30.5 Å². The number of hydrogen-bond donors (Lipinski definition) is 6. The van der Waals surface area contributed by atoms with Crippen molar-refractivity contribution < 1.29 is 24.6 Å². The Hall–Kier alpha value is -4.59. The molecule has 14 nitrogen and oxygen atoms in total. The predicted molar refractivity (Wildman–Crippen MR) is 131 cm³/mol. The number of rotatable bonds is 9. The van der Waals surface area contributed by atoms with Gasteiger partial charge in [0.05, 0.1) is 18.4 Å². The van der Waals surface area contributed by atoms with E-state index in [1.807, 2.05) is 11.9 Å². The molecule has 3 heterocycles. The number of carbonyl (C=O) groups is 3. The van der Waals surface area contributed by atoms with Crippen LogP contribution in [0.4, 0.5) is 17.5 Å². The van der Waals surface area contributed by atoms with Crippen LogP contribution in [0.5, 0.6) is 0 Å². The normalized spacial score (nSPS) is 12.7. The summed E-state index contributed by atoms with van der Waals surface area (Å²) in [6, 6.07) is 5.16. The molecule has 3 aromatic rings. The quantitative estimate of drug-likeness (QED) is 0.211. The van der Waals surface area contributed by atoms with E-state index in [0.717, 1.165) is 5.69 Å². The molecule has 1 saturated heterocycles. The highest BCUT2D eigenvalue weighted by Crippen LogP contribution is 2.19. The minimum absolute atomic E-state index is 0.0138. The maximum absolute atomic E-state index is 12.4. The van der Waals surface area contributed by atoms with Gasteiger partial charge in [-0.2, -0.15) is 9.97 Å². The fourth-order valence-corrected chi connectivity index (χ4v) is 3.03. The molecule has 190 valence electrons. The second-order valence-corrected chi connectivity index (χ2v) is 7.95. The molecule has 0 bridgehead atoms. The molecule has 36 heavy (non-hydrogen) atoms. The summed E-state index contributed by atoms with van der Waals surface area (Å²) in [7, 11) is 1.82. The molecule has 0 aliphatic carbocycles. The number of nitrogens with one attached hydrogen (secondary N) is 2. The summed E-state index contributed by atoms with van der Waals surface area (Å²) >= 11 is 0.